The summed E-state index contributed by atoms with van der Waals surface area (Å²) in [4.78, 5) is 0. The molecule has 0 atom stereocenters. The molecule has 1 aliphatic rings. The van der Waals surface area contributed by atoms with E-state index >= 15 is 0 Å². The maximum absolute atomic E-state index is 11.4. The van der Waals surface area contributed by atoms with Crippen LogP contribution in [0.1, 0.15) is 45.4 Å². The number of sulfonamides is 2. The summed E-state index contributed by atoms with van der Waals surface area (Å²) in [5.41, 5.74) is -12.4. The molecule has 34 heavy (non-hydrogen) atoms. The predicted molar refractivity (Wildman–Crippen MR) is 113 cm³/mol. The second-order valence-electron chi connectivity index (χ2n) is 7.65. The molecule has 1 heterocycles. The molecule has 9 nitrogen and oxygen atoms in total. The summed E-state index contributed by atoms with van der Waals surface area (Å²) in [6.07, 6.45) is 8.90. The van der Waals surface area contributed by atoms with Crippen LogP contribution in [0, 0.1) is 0 Å². The molecular formula is C16H32F6N2O7S2Si. The molecule has 0 bridgehead atoms. The predicted octanol–water partition coefficient (Wildman–Crippen LogP) is 3.65. The maximum atomic E-state index is 11.4. The van der Waals surface area contributed by atoms with Crippen molar-refractivity contribution in [1.82, 2.24) is 0 Å². The van der Waals surface area contributed by atoms with E-state index in [1.54, 1.807) is 21.3 Å². The molecule has 0 amide bonds. The van der Waals surface area contributed by atoms with E-state index in [1.165, 1.54) is 58.2 Å². The minimum atomic E-state index is -6.72. The summed E-state index contributed by atoms with van der Waals surface area (Å²) in [6.45, 7) is 6.04. The largest absolute Gasteiger partial charge is 0.558 e. The van der Waals surface area contributed by atoms with Gasteiger partial charge in [0.2, 0.25) is 0 Å². The van der Waals surface area contributed by atoms with Gasteiger partial charge in [-0.2, -0.15) is 26.3 Å². The number of hydrogen-bond donors (Lipinski definition) is 0. The van der Waals surface area contributed by atoms with Crippen molar-refractivity contribution < 1.29 is 60.9 Å². The summed E-state index contributed by atoms with van der Waals surface area (Å²) in [6, 6.07) is 0. The normalized spacial score (nSPS) is 17.4. The summed E-state index contributed by atoms with van der Waals surface area (Å²) in [5.74, 6) is 0. The van der Waals surface area contributed by atoms with Gasteiger partial charge < -0.3 is 21.9 Å². The number of quaternary nitrogens is 1. The molecule has 1 aliphatic heterocycles. The third-order valence-electron chi connectivity index (χ3n) is 5.24. The highest BCUT2D eigenvalue weighted by molar-refractivity contribution is 8.13. The van der Waals surface area contributed by atoms with Gasteiger partial charge in [0.1, 0.15) is 6.17 Å². The maximum Gasteiger partial charge on any atom is 0.558 e. The van der Waals surface area contributed by atoms with Crippen molar-refractivity contribution in [2.24, 2.45) is 0 Å². The van der Waals surface area contributed by atoms with E-state index in [0.717, 1.165) is 14.8 Å². The van der Waals surface area contributed by atoms with Crippen molar-refractivity contribution in [1.29, 1.82) is 0 Å². The Hall–Kier alpha value is -0.503. The van der Waals surface area contributed by atoms with Crippen LogP contribution in [0.2, 0.25) is 0 Å². The molecule has 0 aromatic rings. The van der Waals surface area contributed by atoms with Crippen molar-refractivity contribution in [2.75, 3.05) is 47.1 Å². The molecule has 0 N–H and O–H groups in total. The molecule has 0 radical (unpaired) electrons. The fourth-order valence-corrected chi connectivity index (χ4v) is 7.30. The van der Waals surface area contributed by atoms with E-state index < -0.39 is 39.9 Å². The summed E-state index contributed by atoms with van der Waals surface area (Å²) >= 11 is 0. The fraction of sp³-hybridized carbons (Fsp3) is 1.00. The first-order chi connectivity index (χ1) is 15.4. The Labute approximate surface area is 197 Å². The van der Waals surface area contributed by atoms with Gasteiger partial charge in [0, 0.05) is 34.2 Å². The van der Waals surface area contributed by atoms with Gasteiger partial charge in [-0.15, -0.1) is 0 Å². The average Bonchev–Trinajstić information content (AvgIpc) is 3.16. The lowest BCUT2D eigenvalue weighted by Crippen LogP contribution is -2.61. The van der Waals surface area contributed by atoms with E-state index in [0.29, 0.717) is 0 Å². The Kier molecular flexibility index (Phi) is 13.0. The van der Waals surface area contributed by atoms with Gasteiger partial charge in [0.15, 0.2) is 20.0 Å². The Balaban J connectivity index is 0.000000661. The first kappa shape index (κ1) is 33.5. The minimum Gasteiger partial charge on any atom is -0.421 e. The van der Waals surface area contributed by atoms with E-state index in [-0.39, 0.29) is 0 Å². The minimum absolute atomic E-state index is 0.778. The van der Waals surface area contributed by atoms with Gasteiger partial charge in [-0.05, 0) is 12.8 Å². The summed E-state index contributed by atoms with van der Waals surface area (Å²) in [5, 5.41) is 0. The van der Waals surface area contributed by atoms with Gasteiger partial charge in [0.25, 0.3) is 0 Å². The van der Waals surface area contributed by atoms with Crippen molar-refractivity contribution in [3.63, 3.8) is 0 Å². The molecule has 0 aromatic carbocycles. The molecule has 1 rings (SSSR count). The zero-order valence-corrected chi connectivity index (χ0v) is 22.0. The van der Waals surface area contributed by atoms with Crippen LogP contribution in [0.5, 0.6) is 0 Å². The highest BCUT2D eigenvalue weighted by atomic mass is 32.3. The van der Waals surface area contributed by atoms with E-state index in [2.05, 4.69) is 6.92 Å². The van der Waals surface area contributed by atoms with Crippen molar-refractivity contribution in [2.45, 2.75) is 56.5 Å². The number of alkyl halides is 6. The van der Waals surface area contributed by atoms with Crippen molar-refractivity contribution in [3.8, 4) is 0 Å². The van der Waals surface area contributed by atoms with Crippen LogP contribution in [-0.2, 0) is 33.3 Å². The van der Waals surface area contributed by atoms with Gasteiger partial charge in [-0.1, -0.05) is 19.8 Å². The fourth-order valence-electron chi connectivity index (χ4n) is 3.41. The van der Waals surface area contributed by atoms with Crippen LogP contribution in [0.4, 0.5) is 26.3 Å². The standard InChI is InChI=1S/C14H32NO3Si.C2F6NO4S2/c1-5-6-7-8-11-15(12-9-10-13-15)14-19(16-2,17-3)18-4;3-1(4,5)14(10,11)9-15(12,13)2(6,7)8/h5-14H2,1-4H3;/q+1;-1. The van der Waals surface area contributed by atoms with Crippen molar-refractivity contribution in [3.05, 3.63) is 4.13 Å². The second kappa shape index (κ2) is 13.2. The zero-order valence-electron chi connectivity index (χ0n) is 19.4. The molecule has 0 unspecified atom stereocenters. The van der Waals surface area contributed by atoms with Crippen LogP contribution >= 0.6 is 0 Å². The molecule has 0 saturated carbocycles. The Morgan fingerprint density at radius 3 is 1.53 bits per heavy atom. The van der Waals surface area contributed by atoms with Crippen LogP contribution in [0.25, 0.3) is 4.13 Å². The van der Waals surface area contributed by atoms with Crippen molar-refractivity contribution >= 4 is 28.9 Å². The van der Waals surface area contributed by atoms with Gasteiger partial charge >= 0.3 is 19.8 Å². The molecule has 0 aliphatic carbocycles. The third kappa shape index (κ3) is 9.86. The molecule has 0 spiro atoms. The summed E-state index contributed by atoms with van der Waals surface area (Å²) < 4.78 is 127. The van der Waals surface area contributed by atoms with E-state index in [1.807, 2.05) is 0 Å². The Morgan fingerprint density at radius 2 is 1.21 bits per heavy atom. The number of rotatable bonds is 12. The van der Waals surface area contributed by atoms with Crippen LogP contribution in [0.3, 0.4) is 0 Å². The number of halogens is 6. The van der Waals surface area contributed by atoms with Gasteiger partial charge in [-0.25, -0.2) is 16.8 Å². The molecule has 1 fully saturated rings. The smallest absolute Gasteiger partial charge is 0.421 e. The van der Waals surface area contributed by atoms with Crippen LogP contribution < -0.4 is 0 Å². The topological polar surface area (TPSA) is 110 Å². The first-order valence-electron chi connectivity index (χ1n) is 10.2. The van der Waals surface area contributed by atoms with Crippen LogP contribution in [-0.4, -0.2) is 88.3 Å². The van der Waals surface area contributed by atoms with E-state index in [4.69, 9.17) is 13.3 Å². The Bertz CT molecular complexity index is 762. The lowest BCUT2D eigenvalue weighted by atomic mass is 10.2. The SMILES string of the molecule is CCCCCC[N+]1(C[Si](OC)(OC)OC)CCCC1.O=S(=O)([N-]S(=O)(=O)C(F)(F)F)C(F)(F)F. The van der Waals surface area contributed by atoms with Gasteiger partial charge in [0.05, 0.1) is 19.6 Å². The molecule has 1 saturated heterocycles. The molecule has 18 heteroatoms. The number of hydrogen-bond acceptors (Lipinski definition) is 7. The zero-order chi connectivity index (χ0) is 26.9. The third-order valence-corrected chi connectivity index (χ3v) is 10.9. The molecule has 206 valence electrons. The highest BCUT2D eigenvalue weighted by Gasteiger charge is 2.49. The molecular weight excluding hydrogens is 538 g/mol. The quantitative estimate of drug-likeness (QED) is 0.152. The summed E-state index contributed by atoms with van der Waals surface area (Å²) in [7, 11) is -10.7. The number of unbranched alkanes of at least 4 members (excludes halogenated alkanes) is 3. The first-order valence-corrected chi connectivity index (χ1v) is 15.0. The number of likely N-dealkylation sites (tertiary alicyclic amines) is 1. The number of nitrogens with zero attached hydrogens (tertiary/aromatic N) is 2. The lowest BCUT2D eigenvalue weighted by molar-refractivity contribution is -0.909. The van der Waals surface area contributed by atoms with Gasteiger partial charge in [-0.3, -0.25) is 0 Å². The molecule has 0 aromatic heterocycles. The lowest BCUT2D eigenvalue weighted by Gasteiger charge is -2.39. The Morgan fingerprint density at radius 1 is 0.794 bits per heavy atom. The highest BCUT2D eigenvalue weighted by Crippen LogP contribution is 2.36. The second-order valence-corrected chi connectivity index (χ2v) is 14.0. The van der Waals surface area contributed by atoms with Crippen LogP contribution in [0.15, 0.2) is 0 Å². The van der Waals surface area contributed by atoms with E-state index in [9.17, 15) is 43.2 Å². The monoisotopic (exact) mass is 570 g/mol. The average molecular weight is 571 g/mol.